The molecule has 154 valence electrons. The van der Waals surface area contributed by atoms with Gasteiger partial charge in [-0.05, 0) is 49.2 Å². The molecule has 1 aliphatic rings. The lowest BCUT2D eigenvalue weighted by Gasteiger charge is -2.23. The molecule has 1 aliphatic heterocycles. The summed E-state index contributed by atoms with van der Waals surface area (Å²) in [4.78, 5) is 17.2. The quantitative estimate of drug-likeness (QED) is 0.545. The highest BCUT2D eigenvalue weighted by molar-refractivity contribution is 6.35. The molecule has 4 rings (SSSR count). The number of benzene rings is 2. The summed E-state index contributed by atoms with van der Waals surface area (Å²) in [6.45, 7) is 1.36. The smallest absolute Gasteiger partial charge is 0.251 e. The third-order valence-corrected chi connectivity index (χ3v) is 5.34. The van der Waals surface area contributed by atoms with Crippen LogP contribution in [-0.4, -0.2) is 30.1 Å². The minimum Gasteiger partial charge on any atom is -0.437 e. The molecular weight excluding hydrogens is 423 g/mol. The third-order valence-electron chi connectivity index (χ3n) is 4.81. The number of rotatable bonds is 5. The van der Waals surface area contributed by atoms with Crippen LogP contribution in [0, 0.1) is 0 Å². The number of nitrogens with zero attached hydrogens (tertiary/aromatic N) is 1. The van der Waals surface area contributed by atoms with Crippen LogP contribution in [0.1, 0.15) is 23.2 Å². The zero-order chi connectivity index (χ0) is 20.9. The predicted octanol–water partition coefficient (Wildman–Crippen LogP) is 5.76. The average Bonchev–Trinajstić information content (AvgIpc) is 2.77. The van der Waals surface area contributed by atoms with E-state index in [-0.39, 0.29) is 11.9 Å². The lowest BCUT2D eigenvalue weighted by Crippen LogP contribution is -2.38. The van der Waals surface area contributed by atoms with E-state index in [0.29, 0.717) is 46.1 Å². The fourth-order valence-electron chi connectivity index (χ4n) is 3.23. The highest BCUT2D eigenvalue weighted by Gasteiger charge is 2.17. The van der Waals surface area contributed by atoms with E-state index in [4.69, 9.17) is 32.7 Å². The molecule has 1 fully saturated rings. The largest absolute Gasteiger partial charge is 0.437 e. The van der Waals surface area contributed by atoms with Crippen LogP contribution >= 0.6 is 23.2 Å². The Kier molecular flexibility index (Phi) is 6.53. The van der Waals surface area contributed by atoms with Gasteiger partial charge in [-0.25, -0.2) is 4.98 Å². The van der Waals surface area contributed by atoms with Gasteiger partial charge in [-0.2, -0.15) is 0 Å². The molecule has 1 N–H and O–H groups in total. The van der Waals surface area contributed by atoms with E-state index in [1.807, 2.05) is 30.3 Å². The summed E-state index contributed by atoms with van der Waals surface area (Å²) in [6, 6.07) is 18.0. The second-order valence-electron chi connectivity index (χ2n) is 6.98. The molecule has 7 heteroatoms. The van der Waals surface area contributed by atoms with Gasteiger partial charge >= 0.3 is 0 Å². The second-order valence-corrected chi connectivity index (χ2v) is 7.82. The number of pyridine rings is 1. The van der Waals surface area contributed by atoms with E-state index in [1.54, 1.807) is 30.3 Å². The van der Waals surface area contributed by atoms with E-state index in [0.717, 1.165) is 18.4 Å². The Hall–Kier alpha value is -2.60. The minimum atomic E-state index is -0.0934. The first-order valence-electron chi connectivity index (χ1n) is 9.67. The normalized spacial score (nSPS) is 14.3. The van der Waals surface area contributed by atoms with Gasteiger partial charge in [0.05, 0.1) is 10.7 Å². The molecule has 30 heavy (non-hydrogen) atoms. The molecular formula is C23H20Cl2N2O3. The van der Waals surface area contributed by atoms with Gasteiger partial charge in [0.2, 0.25) is 5.88 Å². The maximum Gasteiger partial charge on any atom is 0.251 e. The maximum atomic E-state index is 12.6. The molecule has 5 nitrogen and oxygen atoms in total. The van der Waals surface area contributed by atoms with Crippen molar-refractivity contribution in [2.75, 3.05) is 13.2 Å². The maximum absolute atomic E-state index is 12.6. The monoisotopic (exact) mass is 442 g/mol. The van der Waals surface area contributed by atoms with Gasteiger partial charge in [0, 0.05) is 41.5 Å². The zero-order valence-corrected chi connectivity index (χ0v) is 17.6. The average molecular weight is 443 g/mol. The number of ether oxygens (including phenoxy) is 2. The van der Waals surface area contributed by atoms with Crippen LogP contribution in [0.4, 0.5) is 0 Å². The number of nitrogens with one attached hydrogen (secondary N) is 1. The molecule has 0 unspecified atom stereocenters. The summed E-state index contributed by atoms with van der Waals surface area (Å²) in [5.74, 6) is 0.771. The number of hydrogen-bond donors (Lipinski definition) is 1. The van der Waals surface area contributed by atoms with Crippen LogP contribution in [0.2, 0.25) is 10.0 Å². The van der Waals surface area contributed by atoms with E-state index < -0.39 is 0 Å². The molecule has 0 aliphatic carbocycles. The summed E-state index contributed by atoms with van der Waals surface area (Å²) >= 11 is 12.1. The Bertz CT molecular complexity index is 1050. The lowest BCUT2D eigenvalue weighted by molar-refractivity contribution is 0.0696. The minimum absolute atomic E-state index is 0.0934. The van der Waals surface area contributed by atoms with Crippen molar-refractivity contribution in [3.63, 3.8) is 0 Å². The molecule has 3 aromatic rings. The van der Waals surface area contributed by atoms with Crippen LogP contribution in [0.3, 0.4) is 0 Å². The molecule has 2 heterocycles. The number of carbonyl (C=O) groups excluding carboxylic acids is 1. The number of carbonyl (C=O) groups is 1. The van der Waals surface area contributed by atoms with Crippen molar-refractivity contribution in [2.45, 2.75) is 18.9 Å². The Morgan fingerprint density at radius 3 is 2.63 bits per heavy atom. The summed E-state index contributed by atoms with van der Waals surface area (Å²) in [5.41, 5.74) is 2.11. The molecule has 1 aromatic heterocycles. The standard InChI is InChI=1S/C23H20Cl2N2O3/c24-17-7-8-21(19(25)14-17)30-22-6-2-5-20(27-22)15-3-1-4-16(13-15)23(28)26-18-9-11-29-12-10-18/h1-8,13-14,18H,9-12H2,(H,26,28). The summed E-state index contributed by atoms with van der Waals surface area (Å²) in [7, 11) is 0. The van der Waals surface area contributed by atoms with Crippen LogP contribution < -0.4 is 10.1 Å². The Morgan fingerprint density at radius 2 is 1.83 bits per heavy atom. The van der Waals surface area contributed by atoms with E-state index >= 15 is 0 Å². The van der Waals surface area contributed by atoms with Crippen molar-refractivity contribution in [2.24, 2.45) is 0 Å². The Morgan fingerprint density at radius 1 is 1.03 bits per heavy atom. The van der Waals surface area contributed by atoms with E-state index in [2.05, 4.69) is 10.3 Å². The van der Waals surface area contributed by atoms with Crippen molar-refractivity contribution in [3.8, 4) is 22.9 Å². The highest BCUT2D eigenvalue weighted by Crippen LogP contribution is 2.31. The lowest BCUT2D eigenvalue weighted by atomic mass is 10.1. The van der Waals surface area contributed by atoms with Crippen molar-refractivity contribution in [3.05, 3.63) is 76.3 Å². The fourth-order valence-corrected chi connectivity index (χ4v) is 3.68. The first kappa shape index (κ1) is 20.7. The molecule has 0 bridgehead atoms. The van der Waals surface area contributed by atoms with E-state index in [1.165, 1.54) is 0 Å². The summed E-state index contributed by atoms with van der Waals surface area (Å²) < 4.78 is 11.2. The Labute approximate surface area is 184 Å². The van der Waals surface area contributed by atoms with Crippen LogP contribution in [0.15, 0.2) is 60.7 Å². The molecule has 1 saturated heterocycles. The highest BCUT2D eigenvalue weighted by atomic mass is 35.5. The van der Waals surface area contributed by atoms with Gasteiger partial charge in [-0.15, -0.1) is 0 Å². The van der Waals surface area contributed by atoms with Crippen molar-refractivity contribution < 1.29 is 14.3 Å². The van der Waals surface area contributed by atoms with Crippen LogP contribution in [0.5, 0.6) is 11.6 Å². The number of aromatic nitrogens is 1. The summed E-state index contributed by atoms with van der Waals surface area (Å²) in [6.07, 6.45) is 1.67. The van der Waals surface area contributed by atoms with Gasteiger partial charge in [0.1, 0.15) is 5.75 Å². The summed E-state index contributed by atoms with van der Waals surface area (Å²) in [5, 5.41) is 4.02. The molecule has 2 aromatic carbocycles. The number of halogens is 2. The zero-order valence-electron chi connectivity index (χ0n) is 16.1. The molecule has 0 saturated carbocycles. The van der Waals surface area contributed by atoms with Crippen LogP contribution in [-0.2, 0) is 4.74 Å². The Balaban J connectivity index is 1.52. The fraction of sp³-hybridized carbons (Fsp3) is 0.217. The molecule has 0 spiro atoms. The topological polar surface area (TPSA) is 60.5 Å². The number of hydrogen-bond acceptors (Lipinski definition) is 4. The van der Waals surface area contributed by atoms with Gasteiger partial charge in [0.25, 0.3) is 5.91 Å². The molecule has 0 radical (unpaired) electrons. The second kappa shape index (κ2) is 9.47. The van der Waals surface area contributed by atoms with E-state index in [9.17, 15) is 4.79 Å². The number of amides is 1. The van der Waals surface area contributed by atoms with Crippen molar-refractivity contribution >= 4 is 29.1 Å². The van der Waals surface area contributed by atoms with Gasteiger partial charge in [-0.3, -0.25) is 4.79 Å². The van der Waals surface area contributed by atoms with Crippen LogP contribution in [0.25, 0.3) is 11.3 Å². The third kappa shape index (κ3) is 5.11. The predicted molar refractivity (Wildman–Crippen MR) is 118 cm³/mol. The van der Waals surface area contributed by atoms with Crippen molar-refractivity contribution in [1.82, 2.24) is 10.3 Å². The first-order chi connectivity index (χ1) is 14.6. The van der Waals surface area contributed by atoms with Crippen molar-refractivity contribution in [1.29, 1.82) is 0 Å². The molecule has 0 atom stereocenters. The first-order valence-corrected chi connectivity index (χ1v) is 10.4. The van der Waals surface area contributed by atoms with Gasteiger partial charge in [-0.1, -0.05) is 41.4 Å². The van der Waals surface area contributed by atoms with Gasteiger partial charge in [0.15, 0.2) is 0 Å². The van der Waals surface area contributed by atoms with Gasteiger partial charge < -0.3 is 14.8 Å². The molecule has 1 amide bonds. The SMILES string of the molecule is O=C(NC1CCOCC1)c1cccc(-c2cccc(Oc3ccc(Cl)cc3Cl)n2)c1.